The van der Waals surface area contributed by atoms with Crippen molar-refractivity contribution >= 4 is 23.5 Å². The third-order valence-corrected chi connectivity index (χ3v) is 4.85. The highest BCUT2D eigenvalue weighted by molar-refractivity contribution is 8.01. The summed E-state index contributed by atoms with van der Waals surface area (Å²) in [4.78, 5) is 28.0. The molecule has 2 aromatic rings. The van der Waals surface area contributed by atoms with Crippen molar-refractivity contribution in [2.24, 2.45) is 0 Å². The van der Waals surface area contributed by atoms with Crippen molar-refractivity contribution < 1.29 is 27.5 Å². The van der Waals surface area contributed by atoms with Crippen molar-refractivity contribution in [3.8, 4) is 17.3 Å². The molecule has 0 bridgehead atoms. The predicted molar refractivity (Wildman–Crippen MR) is 96.3 cm³/mol. The van der Waals surface area contributed by atoms with Gasteiger partial charge in [-0.3, -0.25) is 9.59 Å². The number of hydrogen-bond acceptors (Lipinski definition) is 6. The Bertz CT molecular complexity index is 925. The van der Waals surface area contributed by atoms with E-state index in [1.54, 1.807) is 30.3 Å². The molecule has 0 aliphatic heterocycles. The standard InChI is InChI=1S/C19H15F3N2O3S/c1-3-27-18(26)16(11(2)25)28-17-13(10-23)14(19(20,21)22)9-15(24-17)12-7-5-4-6-8-12/h4-9,16H,3H2,1-2H3/t16-/m0/s1. The molecule has 146 valence electrons. The van der Waals surface area contributed by atoms with Gasteiger partial charge in [0.1, 0.15) is 11.1 Å². The summed E-state index contributed by atoms with van der Waals surface area (Å²) < 4.78 is 45.4. The molecule has 0 unspecified atom stereocenters. The number of hydrogen-bond donors (Lipinski definition) is 0. The summed E-state index contributed by atoms with van der Waals surface area (Å²) in [7, 11) is 0. The van der Waals surface area contributed by atoms with Crippen molar-refractivity contribution in [3.63, 3.8) is 0 Å². The van der Waals surface area contributed by atoms with Gasteiger partial charge in [-0.1, -0.05) is 42.1 Å². The fourth-order valence-electron chi connectivity index (χ4n) is 2.32. The first-order chi connectivity index (χ1) is 13.2. The molecule has 5 nitrogen and oxygen atoms in total. The number of nitriles is 1. The number of aromatic nitrogens is 1. The van der Waals surface area contributed by atoms with E-state index in [9.17, 15) is 28.0 Å². The van der Waals surface area contributed by atoms with Crippen LogP contribution in [-0.2, 0) is 20.5 Å². The van der Waals surface area contributed by atoms with Crippen LogP contribution in [0.25, 0.3) is 11.3 Å². The minimum Gasteiger partial charge on any atom is -0.465 e. The minimum atomic E-state index is -4.82. The molecule has 1 aromatic heterocycles. The number of benzene rings is 1. The van der Waals surface area contributed by atoms with Gasteiger partial charge in [0.05, 0.1) is 23.4 Å². The summed E-state index contributed by atoms with van der Waals surface area (Å²) in [6.07, 6.45) is -4.82. The van der Waals surface area contributed by atoms with Crippen molar-refractivity contribution in [1.82, 2.24) is 4.98 Å². The molecule has 0 radical (unpaired) electrons. The molecule has 0 aliphatic rings. The first kappa shape index (κ1) is 21.4. The molecule has 0 N–H and O–H groups in total. The molecule has 1 heterocycles. The third kappa shape index (κ3) is 4.89. The maximum atomic E-state index is 13.5. The highest BCUT2D eigenvalue weighted by atomic mass is 32.2. The first-order valence-corrected chi connectivity index (χ1v) is 8.98. The number of nitrogens with zero attached hydrogens (tertiary/aromatic N) is 2. The highest BCUT2D eigenvalue weighted by Gasteiger charge is 2.37. The number of ether oxygens (including phenoxy) is 1. The van der Waals surface area contributed by atoms with Gasteiger partial charge in [0.15, 0.2) is 11.0 Å². The summed E-state index contributed by atoms with van der Waals surface area (Å²) in [5.41, 5.74) is -1.55. The van der Waals surface area contributed by atoms with Gasteiger partial charge in [-0.25, -0.2) is 4.98 Å². The highest BCUT2D eigenvalue weighted by Crippen LogP contribution is 2.39. The average molecular weight is 408 g/mol. The van der Waals surface area contributed by atoms with Crippen LogP contribution in [0.5, 0.6) is 0 Å². The molecule has 0 saturated carbocycles. The molecule has 2 rings (SSSR count). The molecule has 0 aliphatic carbocycles. The molecule has 0 amide bonds. The van der Waals surface area contributed by atoms with Crippen LogP contribution in [0, 0.1) is 11.3 Å². The third-order valence-electron chi connectivity index (χ3n) is 3.57. The largest absolute Gasteiger partial charge is 0.465 e. The summed E-state index contributed by atoms with van der Waals surface area (Å²) in [6, 6.07) is 10.4. The Kier molecular flexibility index (Phi) is 6.80. The average Bonchev–Trinajstić information content (AvgIpc) is 2.65. The zero-order valence-corrected chi connectivity index (χ0v) is 15.7. The van der Waals surface area contributed by atoms with Crippen LogP contribution in [0.15, 0.2) is 41.4 Å². The number of halogens is 3. The number of Topliss-reactive ketones (excluding diaryl/α,β-unsaturated/α-hetero) is 1. The number of carbonyl (C=O) groups is 2. The Labute approximate surface area is 163 Å². The van der Waals surface area contributed by atoms with Crippen LogP contribution < -0.4 is 0 Å². The van der Waals surface area contributed by atoms with Crippen LogP contribution in [0.2, 0.25) is 0 Å². The second kappa shape index (κ2) is 8.89. The summed E-state index contributed by atoms with van der Waals surface area (Å²) in [5.74, 6) is -1.52. The topological polar surface area (TPSA) is 80.0 Å². The van der Waals surface area contributed by atoms with Crippen molar-refractivity contribution in [1.29, 1.82) is 5.26 Å². The predicted octanol–water partition coefficient (Wildman–Crippen LogP) is 4.25. The van der Waals surface area contributed by atoms with E-state index < -0.39 is 34.3 Å². The van der Waals surface area contributed by atoms with Crippen LogP contribution in [0.3, 0.4) is 0 Å². The Balaban J connectivity index is 2.66. The Morgan fingerprint density at radius 3 is 2.43 bits per heavy atom. The van der Waals surface area contributed by atoms with Gasteiger partial charge in [0.2, 0.25) is 0 Å². The van der Waals surface area contributed by atoms with E-state index in [1.165, 1.54) is 13.0 Å². The number of carbonyl (C=O) groups excluding carboxylic acids is 2. The van der Waals surface area contributed by atoms with Crippen LogP contribution >= 0.6 is 11.8 Å². The van der Waals surface area contributed by atoms with Crippen molar-refractivity contribution in [2.45, 2.75) is 30.3 Å². The second-order valence-corrected chi connectivity index (χ2v) is 6.67. The lowest BCUT2D eigenvalue weighted by molar-refractivity contribution is -0.144. The van der Waals surface area contributed by atoms with Gasteiger partial charge in [-0.05, 0) is 19.9 Å². The Morgan fingerprint density at radius 1 is 1.29 bits per heavy atom. The van der Waals surface area contributed by atoms with E-state index in [0.29, 0.717) is 17.3 Å². The maximum absolute atomic E-state index is 13.5. The zero-order valence-electron chi connectivity index (χ0n) is 14.9. The molecule has 9 heteroatoms. The Morgan fingerprint density at radius 2 is 1.93 bits per heavy atom. The number of esters is 1. The van der Waals surface area contributed by atoms with E-state index in [-0.39, 0.29) is 17.3 Å². The number of rotatable bonds is 6. The number of ketones is 1. The molecular formula is C19H15F3N2O3S. The molecule has 28 heavy (non-hydrogen) atoms. The molecule has 1 aromatic carbocycles. The zero-order chi connectivity index (χ0) is 20.9. The van der Waals surface area contributed by atoms with E-state index >= 15 is 0 Å². The molecule has 1 atom stereocenters. The smallest absolute Gasteiger partial charge is 0.417 e. The number of alkyl halides is 3. The summed E-state index contributed by atoms with van der Waals surface area (Å²) in [5, 5.41) is 7.53. The maximum Gasteiger partial charge on any atom is 0.417 e. The normalized spacial score (nSPS) is 12.1. The fraction of sp³-hybridized carbons (Fsp3) is 0.263. The van der Waals surface area contributed by atoms with E-state index in [1.807, 2.05) is 0 Å². The van der Waals surface area contributed by atoms with Gasteiger partial charge in [0.25, 0.3) is 0 Å². The van der Waals surface area contributed by atoms with Gasteiger partial charge in [0, 0.05) is 5.56 Å². The lowest BCUT2D eigenvalue weighted by Crippen LogP contribution is -2.27. The van der Waals surface area contributed by atoms with E-state index in [0.717, 1.165) is 13.0 Å². The quantitative estimate of drug-likeness (QED) is 0.404. The monoisotopic (exact) mass is 408 g/mol. The van der Waals surface area contributed by atoms with Crippen molar-refractivity contribution in [3.05, 3.63) is 47.5 Å². The first-order valence-electron chi connectivity index (χ1n) is 8.10. The molecule has 0 spiro atoms. The number of thioether (sulfide) groups is 1. The van der Waals surface area contributed by atoms with Crippen LogP contribution in [0.4, 0.5) is 13.2 Å². The summed E-state index contributed by atoms with van der Waals surface area (Å²) >= 11 is 0.477. The fourth-order valence-corrected chi connectivity index (χ4v) is 3.30. The van der Waals surface area contributed by atoms with Gasteiger partial charge >= 0.3 is 12.1 Å². The molecule has 0 fully saturated rings. The summed E-state index contributed by atoms with van der Waals surface area (Å²) in [6.45, 7) is 2.66. The van der Waals surface area contributed by atoms with Crippen LogP contribution in [0.1, 0.15) is 25.0 Å². The van der Waals surface area contributed by atoms with Gasteiger partial charge in [-0.15, -0.1) is 0 Å². The van der Waals surface area contributed by atoms with Crippen LogP contribution in [-0.4, -0.2) is 28.6 Å². The minimum absolute atomic E-state index is 0.000431. The lowest BCUT2D eigenvalue weighted by Gasteiger charge is -2.17. The van der Waals surface area contributed by atoms with Gasteiger partial charge in [-0.2, -0.15) is 18.4 Å². The van der Waals surface area contributed by atoms with E-state index in [2.05, 4.69) is 4.98 Å². The van der Waals surface area contributed by atoms with Gasteiger partial charge < -0.3 is 4.74 Å². The number of pyridine rings is 1. The molecular weight excluding hydrogens is 393 g/mol. The molecule has 0 saturated heterocycles. The van der Waals surface area contributed by atoms with Crippen molar-refractivity contribution in [2.75, 3.05) is 6.61 Å². The Hall–Kier alpha value is -2.86. The second-order valence-electron chi connectivity index (χ2n) is 5.57. The van der Waals surface area contributed by atoms with E-state index in [4.69, 9.17) is 4.74 Å². The lowest BCUT2D eigenvalue weighted by atomic mass is 10.1. The SMILES string of the molecule is CCOC(=O)[C@@H](Sc1nc(-c2ccccc2)cc(C(F)(F)F)c1C#N)C(C)=O.